The van der Waals surface area contributed by atoms with Gasteiger partial charge >= 0.3 is 0 Å². The van der Waals surface area contributed by atoms with Crippen LogP contribution in [-0.2, 0) is 10.0 Å². The van der Waals surface area contributed by atoms with Gasteiger partial charge in [0.1, 0.15) is 6.07 Å². The predicted molar refractivity (Wildman–Crippen MR) is 70.4 cm³/mol. The van der Waals surface area contributed by atoms with Crippen LogP contribution in [0, 0.1) is 11.3 Å². The molecule has 0 aliphatic carbocycles. The normalized spacial score (nSPS) is 11.2. The average molecular weight is 264 g/mol. The summed E-state index contributed by atoms with van der Waals surface area (Å²) >= 11 is 0. The van der Waals surface area contributed by atoms with E-state index in [4.69, 9.17) is 5.26 Å². The van der Waals surface area contributed by atoms with Crippen LogP contribution in [0.15, 0.2) is 41.8 Å². The van der Waals surface area contributed by atoms with Gasteiger partial charge in [-0.2, -0.15) is 9.57 Å². The molecule has 0 radical (unpaired) electrons. The molecule has 1 aromatic rings. The molecule has 96 valence electrons. The highest BCUT2D eigenvalue weighted by Crippen LogP contribution is 2.19. The standard InChI is InChI=1S/C13H16N2O2S/c1-3-9-15(10-4-2)18(16,17)13-8-6-5-7-12(13)11-14/h3,5-8H,1,4,9-10H2,2H3. The van der Waals surface area contributed by atoms with Gasteiger partial charge in [0, 0.05) is 13.1 Å². The minimum atomic E-state index is -3.63. The molecule has 1 rings (SSSR count). The number of rotatable bonds is 6. The van der Waals surface area contributed by atoms with E-state index in [2.05, 4.69) is 6.58 Å². The summed E-state index contributed by atoms with van der Waals surface area (Å²) in [6.07, 6.45) is 2.25. The molecule has 0 spiro atoms. The number of hydrogen-bond acceptors (Lipinski definition) is 3. The van der Waals surface area contributed by atoms with Crippen molar-refractivity contribution in [3.05, 3.63) is 42.5 Å². The largest absolute Gasteiger partial charge is 0.244 e. The van der Waals surface area contributed by atoms with E-state index >= 15 is 0 Å². The fraction of sp³-hybridized carbons (Fsp3) is 0.308. The molecular formula is C13H16N2O2S. The van der Waals surface area contributed by atoms with Crippen LogP contribution in [0.2, 0.25) is 0 Å². The van der Waals surface area contributed by atoms with E-state index in [-0.39, 0.29) is 17.0 Å². The van der Waals surface area contributed by atoms with Crippen LogP contribution >= 0.6 is 0 Å². The smallest absolute Gasteiger partial charge is 0.207 e. The molecule has 1 aromatic carbocycles. The van der Waals surface area contributed by atoms with Gasteiger partial charge in [-0.3, -0.25) is 0 Å². The van der Waals surface area contributed by atoms with E-state index in [9.17, 15) is 8.42 Å². The molecule has 18 heavy (non-hydrogen) atoms. The molecule has 4 nitrogen and oxygen atoms in total. The second kappa shape index (κ2) is 6.34. The van der Waals surface area contributed by atoms with E-state index in [1.165, 1.54) is 16.4 Å². The first-order valence-corrected chi connectivity index (χ1v) is 7.12. The molecule has 0 aliphatic rings. The Morgan fingerprint density at radius 3 is 2.67 bits per heavy atom. The molecule has 0 aliphatic heterocycles. The maximum Gasteiger partial charge on any atom is 0.244 e. The van der Waals surface area contributed by atoms with Crippen molar-refractivity contribution in [1.29, 1.82) is 5.26 Å². The van der Waals surface area contributed by atoms with Crippen molar-refractivity contribution < 1.29 is 8.42 Å². The highest BCUT2D eigenvalue weighted by molar-refractivity contribution is 7.89. The zero-order chi connectivity index (χ0) is 13.6. The Balaban J connectivity index is 3.27. The van der Waals surface area contributed by atoms with Crippen LogP contribution in [0.1, 0.15) is 18.9 Å². The quantitative estimate of drug-likeness (QED) is 0.740. The van der Waals surface area contributed by atoms with Crippen LogP contribution in [0.5, 0.6) is 0 Å². The first-order chi connectivity index (χ1) is 8.57. The molecule has 0 fully saturated rings. The summed E-state index contributed by atoms with van der Waals surface area (Å²) in [6, 6.07) is 8.14. The Morgan fingerprint density at radius 1 is 1.44 bits per heavy atom. The third-order valence-electron chi connectivity index (χ3n) is 2.43. The fourth-order valence-corrected chi connectivity index (χ4v) is 3.27. The van der Waals surface area contributed by atoms with E-state index in [1.807, 2.05) is 13.0 Å². The van der Waals surface area contributed by atoms with Crippen LogP contribution in [0.4, 0.5) is 0 Å². The van der Waals surface area contributed by atoms with Gasteiger partial charge in [0.25, 0.3) is 0 Å². The highest BCUT2D eigenvalue weighted by Gasteiger charge is 2.25. The summed E-state index contributed by atoms with van der Waals surface area (Å²) < 4.78 is 26.2. The first kappa shape index (κ1) is 14.4. The molecule has 5 heteroatoms. The van der Waals surface area contributed by atoms with Gasteiger partial charge < -0.3 is 0 Å². The van der Waals surface area contributed by atoms with Crippen LogP contribution in [-0.4, -0.2) is 25.8 Å². The Hall–Kier alpha value is -1.64. The molecule has 0 bridgehead atoms. The van der Waals surface area contributed by atoms with Crippen molar-refractivity contribution in [3.63, 3.8) is 0 Å². The van der Waals surface area contributed by atoms with Gasteiger partial charge in [0.2, 0.25) is 10.0 Å². The summed E-state index contributed by atoms with van der Waals surface area (Å²) in [5.41, 5.74) is 0.169. The number of hydrogen-bond donors (Lipinski definition) is 0. The predicted octanol–water partition coefficient (Wildman–Crippen LogP) is 2.14. The van der Waals surface area contributed by atoms with Crippen molar-refractivity contribution in [2.75, 3.05) is 13.1 Å². The summed E-state index contributed by atoms with van der Waals surface area (Å²) in [5, 5.41) is 8.97. The molecular weight excluding hydrogens is 248 g/mol. The van der Waals surface area contributed by atoms with E-state index in [0.717, 1.165) is 0 Å². The van der Waals surface area contributed by atoms with Gasteiger partial charge in [-0.25, -0.2) is 8.42 Å². The van der Waals surface area contributed by atoms with Gasteiger partial charge in [0.15, 0.2) is 0 Å². The Morgan fingerprint density at radius 2 is 2.11 bits per heavy atom. The lowest BCUT2D eigenvalue weighted by molar-refractivity contribution is 0.441. The van der Waals surface area contributed by atoms with Crippen LogP contribution in [0.3, 0.4) is 0 Å². The molecule has 0 amide bonds. The monoisotopic (exact) mass is 264 g/mol. The van der Waals surface area contributed by atoms with Crippen molar-refractivity contribution in [3.8, 4) is 6.07 Å². The minimum Gasteiger partial charge on any atom is -0.207 e. The number of nitriles is 1. The molecule has 0 heterocycles. The molecule has 0 N–H and O–H groups in total. The minimum absolute atomic E-state index is 0.0581. The second-order valence-electron chi connectivity index (χ2n) is 3.76. The average Bonchev–Trinajstić information content (AvgIpc) is 2.38. The summed E-state index contributed by atoms with van der Waals surface area (Å²) in [4.78, 5) is 0.0581. The van der Waals surface area contributed by atoms with Crippen LogP contribution in [0.25, 0.3) is 0 Å². The van der Waals surface area contributed by atoms with Gasteiger partial charge in [-0.1, -0.05) is 25.1 Å². The second-order valence-corrected chi connectivity index (χ2v) is 5.67. The van der Waals surface area contributed by atoms with E-state index in [1.54, 1.807) is 18.2 Å². The number of nitrogens with zero attached hydrogens (tertiary/aromatic N) is 2. The Bertz CT molecular complexity index is 559. The molecule has 0 saturated heterocycles. The third kappa shape index (κ3) is 2.97. The maximum atomic E-state index is 12.4. The third-order valence-corrected chi connectivity index (χ3v) is 4.35. The lowest BCUT2D eigenvalue weighted by atomic mass is 10.2. The summed E-state index contributed by atoms with van der Waals surface area (Å²) in [7, 11) is -3.63. The van der Waals surface area contributed by atoms with Crippen molar-refractivity contribution in [2.24, 2.45) is 0 Å². The maximum absolute atomic E-state index is 12.4. The fourth-order valence-electron chi connectivity index (χ4n) is 1.63. The zero-order valence-corrected chi connectivity index (χ0v) is 11.2. The summed E-state index contributed by atoms with van der Waals surface area (Å²) in [6.45, 7) is 6.12. The first-order valence-electron chi connectivity index (χ1n) is 5.68. The number of benzene rings is 1. The topological polar surface area (TPSA) is 61.2 Å². The van der Waals surface area contributed by atoms with Gasteiger partial charge in [0.05, 0.1) is 10.5 Å². The molecule has 0 saturated carbocycles. The molecule has 0 atom stereocenters. The van der Waals surface area contributed by atoms with Crippen molar-refractivity contribution in [1.82, 2.24) is 4.31 Å². The van der Waals surface area contributed by atoms with E-state index < -0.39 is 10.0 Å². The number of sulfonamides is 1. The van der Waals surface area contributed by atoms with E-state index in [0.29, 0.717) is 13.0 Å². The summed E-state index contributed by atoms with van der Waals surface area (Å²) in [5.74, 6) is 0. The van der Waals surface area contributed by atoms with Gasteiger partial charge in [-0.05, 0) is 18.6 Å². The SMILES string of the molecule is C=CCN(CCC)S(=O)(=O)c1ccccc1C#N. The molecule has 0 aromatic heterocycles. The lowest BCUT2D eigenvalue weighted by Crippen LogP contribution is -2.32. The van der Waals surface area contributed by atoms with Crippen molar-refractivity contribution in [2.45, 2.75) is 18.2 Å². The highest BCUT2D eigenvalue weighted by atomic mass is 32.2. The van der Waals surface area contributed by atoms with Crippen LogP contribution < -0.4 is 0 Å². The Kier molecular flexibility index (Phi) is 5.08. The Labute approximate surface area is 108 Å². The molecule has 0 unspecified atom stereocenters. The lowest BCUT2D eigenvalue weighted by Gasteiger charge is -2.20. The zero-order valence-electron chi connectivity index (χ0n) is 10.3. The van der Waals surface area contributed by atoms with Gasteiger partial charge in [-0.15, -0.1) is 6.58 Å². The van der Waals surface area contributed by atoms with Crippen molar-refractivity contribution >= 4 is 10.0 Å².